The Balaban J connectivity index is 2.83. The van der Waals surface area contributed by atoms with Gasteiger partial charge in [0.1, 0.15) is 0 Å². The number of hydrogen-bond donors (Lipinski definition) is 2. The molecule has 4 nitrogen and oxygen atoms in total. The molecule has 96 valence electrons. The number of nitrogens with zero attached hydrogens (tertiary/aromatic N) is 1. The molecule has 0 bridgehead atoms. The third kappa shape index (κ3) is 4.98. The van der Waals surface area contributed by atoms with E-state index in [4.69, 9.17) is 5.11 Å². The van der Waals surface area contributed by atoms with Crippen molar-refractivity contribution in [1.29, 1.82) is 0 Å². The van der Waals surface area contributed by atoms with E-state index >= 15 is 0 Å². The van der Waals surface area contributed by atoms with E-state index < -0.39 is 0 Å². The summed E-state index contributed by atoms with van der Waals surface area (Å²) in [5.41, 5.74) is 0.876. The lowest BCUT2D eigenvalue weighted by atomic mass is 10.1. The number of aliphatic hydroxyl groups excluding tert-OH is 1. The van der Waals surface area contributed by atoms with Crippen LogP contribution in [0.1, 0.15) is 43.1 Å². The van der Waals surface area contributed by atoms with Crippen LogP contribution in [-0.4, -0.2) is 28.1 Å². The van der Waals surface area contributed by atoms with Crippen LogP contribution in [0.25, 0.3) is 0 Å². The van der Waals surface area contributed by atoms with Gasteiger partial charge in [0, 0.05) is 29.9 Å². The highest BCUT2D eigenvalue weighted by molar-refractivity contribution is 5.94. The Labute approximate surface area is 107 Å². The Hall–Kier alpha value is -1.86. The fourth-order valence-electron chi connectivity index (χ4n) is 1.27. The molecule has 0 saturated carbocycles. The SMILES string of the molecule is CC(C)(C)NC(=O)c1cncc(C#CCCO)c1. The summed E-state index contributed by atoms with van der Waals surface area (Å²) < 4.78 is 0. The van der Waals surface area contributed by atoms with Gasteiger partial charge < -0.3 is 10.4 Å². The first-order chi connectivity index (χ1) is 8.42. The minimum atomic E-state index is -0.282. The van der Waals surface area contributed by atoms with Gasteiger partial charge in [0.15, 0.2) is 0 Å². The molecule has 1 aromatic heterocycles. The summed E-state index contributed by atoms with van der Waals surface area (Å²) in [6.45, 7) is 5.79. The van der Waals surface area contributed by atoms with Crippen molar-refractivity contribution in [2.24, 2.45) is 0 Å². The van der Waals surface area contributed by atoms with Crippen molar-refractivity contribution >= 4 is 5.91 Å². The lowest BCUT2D eigenvalue weighted by molar-refractivity contribution is 0.0919. The molecule has 2 N–H and O–H groups in total. The molecule has 1 rings (SSSR count). The molecule has 0 fully saturated rings. The molecule has 1 amide bonds. The van der Waals surface area contributed by atoms with E-state index in [1.54, 1.807) is 12.3 Å². The number of aromatic nitrogens is 1. The zero-order valence-corrected chi connectivity index (χ0v) is 10.9. The quantitative estimate of drug-likeness (QED) is 0.774. The first-order valence-corrected chi connectivity index (χ1v) is 5.80. The molecule has 0 spiro atoms. The van der Waals surface area contributed by atoms with E-state index in [0.29, 0.717) is 17.5 Å². The summed E-state index contributed by atoms with van der Waals surface area (Å²) in [7, 11) is 0. The molecular formula is C14H18N2O2. The van der Waals surface area contributed by atoms with Crippen LogP contribution in [0.5, 0.6) is 0 Å². The standard InChI is InChI=1S/C14H18N2O2/c1-14(2,3)16-13(18)12-8-11(9-15-10-12)6-4-5-7-17/h8-10,17H,5,7H2,1-3H3,(H,16,18). The molecule has 0 aromatic carbocycles. The van der Waals surface area contributed by atoms with Crippen LogP contribution < -0.4 is 5.32 Å². The molecule has 0 radical (unpaired) electrons. The topological polar surface area (TPSA) is 62.2 Å². The maximum absolute atomic E-state index is 11.9. The molecule has 0 aliphatic heterocycles. The van der Waals surface area contributed by atoms with E-state index in [9.17, 15) is 4.79 Å². The summed E-state index contributed by atoms with van der Waals surface area (Å²) in [5, 5.41) is 11.5. The van der Waals surface area contributed by atoms with Gasteiger partial charge in [0.05, 0.1) is 12.2 Å². The van der Waals surface area contributed by atoms with E-state index in [1.807, 2.05) is 20.8 Å². The van der Waals surface area contributed by atoms with Crippen molar-refractivity contribution in [3.05, 3.63) is 29.6 Å². The van der Waals surface area contributed by atoms with Crippen LogP contribution in [0.2, 0.25) is 0 Å². The molecular weight excluding hydrogens is 228 g/mol. The summed E-state index contributed by atoms with van der Waals surface area (Å²) in [4.78, 5) is 15.9. The van der Waals surface area contributed by atoms with Gasteiger partial charge in [-0.25, -0.2) is 0 Å². The van der Waals surface area contributed by atoms with Crippen molar-refractivity contribution < 1.29 is 9.90 Å². The largest absolute Gasteiger partial charge is 0.395 e. The smallest absolute Gasteiger partial charge is 0.253 e. The minimum absolute atomic E-state index is 0.0324. The van der Waals surface area contributed by atoms with E-state index in [0.717, 1.165) is 0 Å². The van der Waals surface area contributed by atoms with E-state index in [1.165, 1.54) is 6.20 Å². The second-order valence-electron chi connectivity index (χ2n) is 4.94. The summed E-state index contributed by atoms with van der Waals surface area (Å²) in [6, 6.07) is 1.69. The van der Waals surface area contributed by atoms with Gasteiger partial charge in [-0.2, -0.15) is 0 Å². The number of nitrogens with one attached hydrogen (secondary N) is 1. The van der Waals surface area contributed by atoms with Crippen LogP contribution in [0.4, 0.5) is 0 Å². The van der Waals surface area contributed by atoms with Crippen molar-refractivity contribution in [1.82, 2.24) is 10.3 Å². The normalized spacial score (nSPS) is 10.4. The molecule has 0 saturated heterocycles. The van der Waals surface area contributed by atoms with Crippen LogP contribution in [-0.2, 0) is 0 Å². The summed E-state index contributed by atoms with van der Waals surface area (Å²) in [6.07, 6.45) is 3.52. The molecule has 18 heavy (non-hydrogen) atoms. The molecule has 0 atom stereocenters. The second kappa shape index (κ2) is 6.18. The maximum Gasteiger partial charge on any atom is 0.253 e. The molecule has 1 heterocycles. The lowest BCUT2D eigenvalue weighted by Crippen LogP contribution is -2.40. The fourth-order valence-corrected chi connectivity index (χ4v) is 1.27. The monoisotopic (exact) mass is 246 g/mol. The van der Waals surface area contributed by atoms with Crippen molar-refractivity contribution in [3.63, 3.8) is 0 Å². The van der Waals surface area contributed by atoms with Crippen molar-refractivity contribution in [2.45, 2.75) is 32.7 Å². The Bertz CT molecular complexity index is 479. The fraction of sp³-hybridized carbons (Fsp3) is 0.429. The minimum Gasteiger partial charge on any atom is -0.395 e. The highest BCUT2D eigenvalue weighted by Crippen LogP contribution is 2.05. The second-order valence-corrected chi connectivity index (χ2v) is 4.94. The zero-order chi connectivity index (χ0) is 13.6. The van der Waals surface area contributed by atoms with Crippen molar-refractivity contribution in [2.75, 3.05) is 6.61 Å². The lowest BCUT2D eigenvalue weighted by Gasteiger charge is -2.20. The highest BCUT2D eigenvalue weighted by atomic mass is 16.2. The average Bonchev–Trinajstić information content (AvgIpc) is 2.27. The predicted molar refractivity (Wildman–Crippen MR) is 70.0 cm³/mol. The van der Waals surface area contributed by atoms with Gasteiger partial charge >= 0.3 is 0 Å². The van der Waals surface area contributed by atoms with Crippen LogP contribution in [0, 0.1) is 11.8 Å². The van der Waals surface area contributed by atoms with Gasteiger partial charge in [-0.3, -0.25) is 9.78 Å². The predicted octanol–water partition coefficient (Wildman–Crippen LogP) is 1.34. The van der Waals surface area contributed by atoms with Crippen molar-refractivity contribution in [3.8, 4) is 11.8 Å². The molecule has 0 unspecified atom stereocenters. The van der Waals surface area contributed by atoms with Gasteiger partial charge in [-0.05, 0) is 26.8 Å². The third-order valence-corrected chi connectivity index (χ3v) is 1.96. The average molecular weight is 246 g/mol. The first-order valence-electron chi connectivity index (χ1n) is 5.80. The third-order valence-electron chi connectivity index (χ3n) is 1.96. The van der Waals surface area contributed by atoms with Gasteiger partial charge in [-0.1, -0.05) is 11.8 Å². The van der Waals surface area contributed by atoms with E-state index in [-0.39, 0.29) is 18.1 Å². The number of aliphatic hydroxyl groups is 1. The Kier molecular flexibility index (Phi) is 4.87. The Morgan fingerprint density at radius 1 is 1.44 bits per heavy atom. The number of carbonyl (C=O) groups excluding carboxylic acids is 1. The number of amides is 1. The zero-order valence-electron chi connectivity index (χ0n) is 10.9. The number of carbonyl (C=O) groups is 1. The highest BCUT2D eigenvalue weighted by Gasteiger charge is 2.15. The first kappa shape index (κ1) is 14.2. The number of hydrogen-bond acceptors (Lipinski definition) is 3. The summed E-state index contributed by atoms with van der Waals surface area (Å²) >= 11 is 0. The maximum atomic E-state index is 11.9. The van der Waals surface area contributed by atoms with Crippen LogP contribution >= 0.6 is 0 Å². The number of pyridine rings is 1. The molecule has 0 aliphatic rings. The molecule has 0 aliphatic carbocycles. The van der Waals surface area contributed by atoms with Gasteiger partial charge in [-0.15, -0.1) is 0 Å². The number of rotatable bonds is 2. The Morgan fingerprint density at radius 3 is 2.78 bits per heavy atom. The van der Waals surface area contributed by atoms with Crippen LogP contribution in [0.3, 0.4) is 0 Å². The summed E-state index contributed by atoms with van der Waals surface area (Å²) in [5.74, 6) is 5.48. The van der Waals surface area contributed by atoms with Gasteiger partial charge in [0.2, 0.25) is 0 Å². The van der Waals surface area contributed by atoms with Crippen LogP contribution in [0.15, 0.2) is 18.5 Å². The van der Waals surface area contributed by atoms with E-state index in [2.05, 4.69) is 22.1 Å². The molecule has 1 aromatic rings. The van der Waals surface area contributed by atoms with Gasteiger partial charge in [0.25, 0.3) is 5.91 Å². The Morgan fingerprint density at radius 2 is 2.17 bits per heavy atom. The molecule has 4 heteroatoms.